The fraction of sp³-hybridized carbons (Fsp3) is 0.900. The summed E-state index contributed by atoms with van der Waals surface area (Å²) in [7, 11) is -3.66. The van der Waals surface area contributed by atoms with Crippen LogP contribution in [0.1, 0.15) is 40.5 Å². The van der Waals surface area contributed by atoms with Gasteiger partial charge in [-0.25, -0.2) is 0 Å². The summed E-state index contributed by atoms with van der Waals surface area (Å²) in [6.45, 7) is 1.37. The average molecular weight is 358 g/mol. The Labute approximate surface area is 171 Å². The van der Waals surface area contributed by atoms with Crippen LogP contribution >= 0.6 is 25.3 Å². The standard InChI is InChI=1S/C8H17NOS2.C2H6O3S.K.H/c9-8(10)4-2-1-3-7(12)5-6-11;1-2-6(3,4)5;;/h7,11-12H,1-6H2,(H2,9,10);2H2,1H3,(H,3,4,5);;/q;;+1;-1. The summed E-state index contributed by atoms with van der Waals surface area (Å²) in [5, 5.41) is 0.426. The van der Waals surface area contributed by atoms with Crippen molar-refractivity contribution in [1.29, 1.82) is 0 Å². The Balaban J connectivity index is -0.000000139. The Hall–Kier alpha value is 1.72. The van der Waals surface area contributed by atoms with Gasteiger partial charge >= 0.3 is 51.4 Å². The van der Waals surface area contributed by atoms with Gasteiger partial charge < -0.3 is 7.16 Å². The van der Waals surface area contributed by atoms with Gasteiger partial charge in [0, 0.05) is 11.7 Å². The van der Waals surface area contributed by atoms with Crippen molar-refractivity contribution in [2.45, 2.75) is 44.3 Å². The molecular weight excluding hydrogens is 333 g/mol. The van der Waals surface area contributed by atoms with Crippen molar-refractivity contribution in [1.82, 2.24) is 0 Å². The van der Waals surface area contributed by atoms with Crippen LogP contribution < -0.4 is 57.1 Å². The molecule has 0 heterocycles. The molecule has 0 saturated carbocycles. The molecule has 0 aromatic rings. The maximum atomic E-state index is 10.4. The minimum absolute atomic E-state index is 0. The molecule has 0 saturated heterocycles. The molecule has 0 aliphatic rings. The van der Waals surface area contributed by atoms with Crippen LogP contribution in [0.5, 0.6) is 0 Å². The zero-order valence-corrected chi connectivity index (χ0v) is 17.3. The van der Waals surface area contributed by atoms with Gasteiger partial charge in [-0.3, -0.25) is 9.35 Å². The molecule has 1 atom stereocenters. The van der Waals surface area contributed by atoms with E-state index in [-0.39, 0.29) is 64.5 Å². The summed E-state index contributed by atoms with van der Waals surface area (Å²) in [5.41, 5.74) is 5.00. The number of carbonyl (C=O) groups excluding carboxylic acids is 1. The number of hydrogen-bond donors (Lipinski definition) is 4. The number of rotatable bonds is 8. The molecule has 0 spiro atoms. The second kappa shape index (κ2) is 16.1. The van der Waals surface area contributed by atoms with Crippen molar-refractivity contribution in [3.8, 4) is 0 Å². The van der Waals surface area contributed by atoms with Crippen LogP contribution in [0.15, 0.2) is 0 Å². The Morgan fingerprint density at radius 1 is 1.37 bits per heavy atom. The minimum Gasteiger partial charge on any atom is -1.00 e. The molecule has 5 nitrogen and oxygen atoms in total. The normalized spacial score (nSPS) is 11.8. The third kappa shape index (κ3) is 28.6. The van der Waals surface area contributed by atoms with Gasteiger partial charge in [0.1, 0.15) is 0 Å². The van der Waals surface area contributed by atoms with Crippen molar-refractivity contribution < 1.29 is 70.6 Å². The molecule has 1 unspecified atom stereocenters. The Morgan fingerprint density at radius 2 is 1.84 bits per heavy atom. The largest absolute Gasteiger partial charge is 1.00 e. The number of carbonyl (C=O) groups is 1. The van der Waals surface area contributed by atoms with Gasteiger partial charge in [0.25, 0.3) is 10.1 Å². The molecule has 0 rings (SSSR count). The number of primary amides is 1. The fourth-order valence-corrected chi connectivity index (χ4v) is 1.80. The molecular formula is C10H24KNO4S3. The Bertz CT molecular complexity index is 318. The quantitative estimate of drug-likeness (QED) is 0.187. The molecule has 19 heavy (non-hydrogen) atoms. The van der Waals surface area contributed by atoms with Crippen LogP contribution in [0.3, 0.4) is 0 Å². The van der Waals surface area contributed by atoms with Gasteiger partial charge in [0.2, 0.25) is 5.91 Å². The molecule has 3 N–H and O–H groups in total. The zero-order valence-electron chi connectivity index (χ0n) is 12.6. The maximum absolute atomic E-state index is 10.4. The van der Waals surface area contributed by atoms with Gasteiger partial charge in [0.15, 0.2) is 0 Å². The predicted octanol–water partition coefficient (Wildman–Crippen LogP) is -1.34. The van der Waals surface area contributed by atoms with Crippen molar-refractivity contribution in [3.63, 3.8) is 0 Å². The van der Waals surface area contributed by atoms with E-state index >= 15 is 0 Å². The summed E-state index contributed by atoms with van der Waals surface area (Å²) >= 11 is 8.48. The number of thiol groups is 2. The molecule has 0 aromatic carbocycles. The van der Waals surface area contributed by atoms with E-state index in [9.17, 15) is 13.2 Å². The van der Waals surface area contributed by atoms with E-state index < -0.39 is 10.1 Å². The third-order valence-electron chi connectivity index (χ3n) is 2.04. The number of unbranched alkanes of at least 4 members (excludes halogenated alkanes) is 1. The average Bonchev–Trinajstić information content (AvgIpc) is 2.24. The summed E-state index contributed by atoms with van der Waals surface area (Å²) in [6, 6.07) is 0. The molecule has 9 heteroatoms. The van der Waals surface area contributed by atoms with E-state index in [4.69, 9.17) is 10.3 Å². The van der Waals surface area contributed by atoms with Crippen LogP contribution in [0.2, 0.25) is 0 Å². The summed E-state index contributed by atoms with van der Waals surface area (Å²) in [6.07, 6.45) is 4.50. The van der Waals surface area contributed by atoms with Gasteiger partial charge in [-0.2, -0.15) is 33.7 Å². The van der Waals surface area contributed by atoms with E-state index in [0.29, 0.717) is 11.7 Å². The summed E-state index contributed by atoms with van der Waals surface area (Å²) in [5.74, 6) is 0.469. The van der Waals surface area contributed by atoms with E-state index in [2.05, 4.69) is 25.3 Å². The molecule has 0 radical (unpaired) electrons. The van der Waals surface area contributed by atoms with E-state index in [1.165, 1.54) is 6.92 Å². The number of nitrogens with two attached hydrogens (primary N) is 1. The monoisotopic (exact) mass is 357 g/mol. The van der Waals surface area contributed by atoms with Crippen molar-refractivity contribution in [2.75, 3.05) is 11.5 Å². The van der Waals surface area contributed by atoms with Gasteiger partial charge in [-0.1, -0.05) is 6.42 Å². The van der Waals surface area contributed by atoms with Crippen molar-refractivity contribution in [3.05, 3.63) is 0 Å². The van der Waals surface area contributed by atoms with Gasteiger partial charge in [-0.05, 0) is 31.9 Å². The number of hydrogen-bond acceptors (Lipinski definition) is 5. The van der Waals surface area contributed by atoms with Gasteiger partial charge in [0.05, 0.1) is 5.75 Å². The first-order valence-corrected chi connectivity index (χ1v) is 8.51. The van der Waals surface area contributed by atoms with Crippen LogP contribution in [-0.4, -0.2) is 35.6 Å². The molecule has 0 fully saturated rings. The molecule has 0 bridgehead atoms. The zero-order chi connectivity index (χ0) is 14.6. The summed E-state index contributed by atoms with van der Waals surface area (Å²) < 4.78 is 26.9. The Kier molecular flexibility index (Phi) is 21.7. The van der Waals surface area contributed by atoms with E-state index in [1.54, 1.807) is 0 Å². The molecule has 1 amide bonds. The third-order valence-corrected chi connectivity index (χ3v) is 3.54. The molecule has 0 aromatic heterocycles. The van der Waals surface area contributed by atoms with E-state index in [1.807, 2.05) is 0 Å². The van der Waals surface area contributed by atoms with Crippen LogP contribution in [0.4, 0.5) is 0 Å². The maximum Gasteiger partial charge on any atom is 1.00 e. The minimum atomic E-state index is -3.66. The van der Waals surface area contributed by atoms with Crippen LogP contribution in [-0.2, 0) is 14.9 Å². The van der Waals surface area contributed by atoms with Crippen molar-refractivity contribution >= 4 is 41.3 Å². The predicted molar refractivity (Wildman–Crippen MR) is 82.1 cm³/mol. The van der Waals surface area contributed by atoms with Crippen LogP contribution in [0.25, 0.3) is 0 Å². The number of amides is 1. The first-order valence-electron chi connectivity index (χ1n) is 5.75. The first-order chi connectivity index (χ1) is 8.22. The molecule has 112 valence electrons. The van der Waals surface area contributed by atoms with E-state index in [0.717, 1.165) is 31.4 Å². The second-order valence-corrected chi connectivity index (χ2v) is 6.67. The summed E-state index contributed by atoms with van der Waals surface area (Å²) in [4.78, 5) is 10.4. The SMILES string of the molecule is CCS(=O)(=O)O.NC(=O)CCCCC(S)CCS.[H-].[K+]. The molecule has 0 aliphatic carbocycles. The van der Waals surface area contributed by atoms with Gasteiger partial charge in [-0.15, -0.1) is 0 Å². The second-order valence-electron chi connectivity index (χ2n) is 3.75. The fourth-order valence-electron chi connectivity index (χ4n) is 0.973. The topological polar surface area (TPSA) is 97.5 Å². The first kappa shape index (κ1) is 25.7. The van der Waals surface area contributed by atoms with Crippen molar-refractivity contribution in [2.24, 2.45) is 5.73 Å². The Morgan fingerprint density at radius 3 is 2.16 bits per heavy atom. The molecule has 0 aliphatic heterocycles. The smallest absolute Gasteiger partial charge is 1.00 e. The van der Waals surface area contributed by atoms with Crippen LogP contribution in [0, 0.1) is 0 Å².